The van der Waals surface area contributed by atoms with Crippen LogP contribution in [0.15, 0.2) is 144 Å². The van der Waals surface area contributed by atoms with Crippen molar-refractivity contribution < 1.29 is 187 Å². The second-order valence-electron chi connectivity index (χ2n) is 32.6. The van der Waals surface area contributed by atoms with Crippen LogP contribution < -0.4 is 69.6 Å². The van der Waals surface area contributed by atoms with Crippen molar-refractivity contribution in [2.45, 2.75) is 117 Å². The first kappa shape index (κ1) is 132. The van der Waals surface area contributed by atoms with Crippen molar-refractivity contribution in [2.75, 3.05) is 111 Å². The van der Waals surface area contributed by atoms with Crippen LogP contribution in [0.25, 0.3) is 97.0 Å². The number of halogens is 4. The number of carbonyl (C=O) groups is 9. The van der Waals surface area contributed by atoms with Gasteiger partial charge < -0.3 is 146 Å². The van der Waals surface area contributed by atoms with E-state index in [9.17, 15) is 58.3 Å². The summed E-state index contributed by atoms with van der Waals surface area (Å²) in [6.45, 7) is 23.8. The predicted molar refractivity (Wildman–Crippen MR) is 559 cm³/mol. The molecule has 0 atom stereocenters. The summed E-state index contributed by atoms with van der Waals surface area (Å²) in [6, 6.07) is 30.2. The molecule has 59 heteroatoms. The Balaban J connectivity index is 0.000000564. The van der Waals surface area contributed by atoms with E-state index in [1.165, 1.54) is 93.2 Å². The number of aromatic nitrogens is 4. The number of benzene rings is 6. The summed E-state index contributed by atoms with van der Waals surface area (Å²) in [4.78, 5) is 118. The maximum absolute atomic E-state index is 11.7. The number of ether oxygens (including phenoxy) is 13. The fourth-order valence-electron chi connectivity index (χ4n) is 12.0. The Labute approximate surface area is 906 Å². The number of nitrogens with one attached hydrogen (secondary N) is 4. The number of nitrogens with zero attached hydrogens (tertiary/aromatic N) is 12. The van der Waals surface area contributed by atoms with Gasteiger partial charge in [-0.15, -0.1) is 0 Å². The molecule has 0 bridgehead atoms. The number of carbonyl (C=O) groups excluding carboxylic acids is 9. The zero-order chi connectivity index (χ0) is 112. The SMILES string of the molecule is CC1(C)OB(B2OC(C)(C)C(C)(C)O2)OC1(C)C.COC(=O)/C(=C/c1ccc(OC)c(Br)c1)N=[N+]=[N-].COC(=O)CBr.COC(=O)CN=[N+]=[N-].COC(=O)CN=[N+]=[N-].COC(=O)c1cc2cc(B(O)O)c(O)cc2[nH]1.COC(=O)c1cc2cc(B(O)O)c(OC)cc2[nH]1.COC(=O)c1cc2cc(B3OC(C)(C)C(C)(C)O3)c(OC)cc2[nH]1.COC(=O)c1cc2cc(Br)c(OC)cc2[nH]1.COc1ccc(C=O)cc1Br.[N-]=[N+]=[N-].[Na+]. The molecule has 9 N–H and O–H groups in total. The van der Waals surface area contributed by atoms with Crippen molar-refractivity contribution in [1.29, 1.82) is 0 Å². The molecule has 10 aromatic rings. The summed E-state index contributed by atoms with van der Waals surface area (Å²) in [6.07, 6.45) is 2.22. The van der Waals surface area contributed by atoms with Gasteiger partial charge in [0.2, 0.25) is 0 Å². The molecule has 0 aliphatic carbocycles. The van der Waals surface area contributed by atoms with Crippen LogP contribution in [0.2, 0.25) is 0 Å². The second kappa shape index (κ2) is 62.1. The van der Waals surface area contributed by atoms with Crippen LogP contribution >= 0.6 is 63.7 Å². The molecule has 4 aromatic heterocycles. The number of H-pyrrole nitrogens is 4. The number of phenolic OH excluding ortho intramolecular Hbond substituents is 1. The van der Waals surface area contributed by atoms with Crippen LogP contribution in [-0.4, -0.2) is 279 Å². The van der Waals surface area contributed by atoms with E-state index in [-0.39, 0.29) is 110 Å². The van der Waals surface area contributed by atoms with E-state index in [1.807, 2.05) is 107 Å². The predicted octanol–water partition coefficient (Wildman–Crippen LogP) is 11.1. The fourth-order valence-corrected chi connectivity index (χ4v) is 13.8. The van der Waals surface area contributed by atoms with E-state index >= 15 is 0 Å². The van der Waals surface area contributed by atoms with Gasteiger partial charge in [-0.05, 0) is 238 Å². The third-order valence-electron chi connectivity index (χ3n) is 21.7. The normalized spacial score (nSPS) is 13.7. The van der Waals surface area contributed by atoms with Crippen molar-refractivity contribution >= 4 is 219 Å². The number of aromatic hydroxyl groups is 1. The molecule has 3 aliphatic rings. The zero-order valence-corrected chi connectivity index (χ0v) is 93.9. The Bertz CT molecular complexity index is 6340. The van der Waals surface area contributed by atoms with Crippen LogP contribution in [-0.2, 0) is 85.0 Å². The van der Waals surface area contributed by atoms with E-state index in [0.717, 1.165) is 52.7 Å². The van der Waals surface area contributed by atoms with E-state index < -0.39 is 82.4 Å². The molecule has 788 valence electrons. The van der Waals surface area contributed by atoms with Crippen molar-refractivity contribution in [3.63, 3.8) is 0 Å². The number of fused-ring (bicyclic) bond motifs is 4. The summed E-state index contributed by atoms with van der Waals surface area (Å²) >= 11 is 12.9. The van der Waals surface area contributed by atoms with Crippen molar-refractivity contribution in [1.82, 2.24) is 19.9 Å². The monoisotopic (exact) mass is 2320 g/mol. The molecule has 0 spiro atoms. The first-order valence-corrected chi connectivity index (χ1v) is 46.0. The standard InChI is InChI=1S/C17H22BNO5.C12H24B2O4.C11H12BNO5.C11H10BrN3O3.C11H10BrNO3.C10H10BNO5.C8H7BrO2.C3H5BrO2.2C3H5N3O2.N3.Na/c1-16(2)17(3,4)24-18(23-16)11-7-10-8-13(15(20)22-6)19-12(10)9-14(11)21-5;1-9(2)10(3,4)16-13(15-9)14-17-11(5,6)12(7,8)18-14;1-17-10-5-8-6(3-7(10)12(15)16)4-9(13-8)11(14)18-2;1-17-10-4-3-7(5-8(10)12)6-9(14-15-13)11(16)18-2;1-15-10-5-8-6(3-7(10)12)4-9(13-8)11(14)16-2;1-17-10(14)8-3-5-2-6(11(15)16)9(13)4-7(5)12-8;1-11-8-3-2-6(5-10)4-7(8)9;1-6-3(5)2-4;2*1-8-3(7)2-5-6-4;1-3-2;/h7-9,19H,1-6H3;1-8H3;3-5,13,15-16H,1-2H3;3-6H,1-2H3;3-5,13H,1-2H3;2-4,12-13,15-16H,1H3;2-5H,1H3;2H2,1H3;2*2H2,1H3;;/q;;;;;;;;;;-1;+1/b;;;9-6-;;;;;;;;. The number of esters is 8. The molecular weight excluding hydrogens is 2220 g/mol. The average molecular weight is 2330 g/mol. The molecular formula is C89H110B5Br4N16NaO33. The summed E-state index contributed by atoms with van der Waals surface area (Å²) in [5, 5.41) is 58.5. The number of rotatable bonds is 22. The number of aldehydes is 1. The van der Waals surface area contributed by atoms with E-state index in [0.29, 0.717) is 73.0 Å². The van der Waals surface area contributed by atoms with Crippen LogP contribution in [0.5, 0.6) is 34.5 Å². The maximum atomic E-state index is 11.7. The maximum Gasteiger partial charge on any atom is 1.00 e. The Morgan fingerprint density at radius 2 is 0.716 bits per heavy atom. The van der Waals surface area contributed by atoms with Crippen molar-refractivity contribution in [2.24, 2.45) is 15.3 Å². The van der Waals surface area contributed by atoms with E-state index in [1.54, 1.807) is 95.2 Å². The molecule has 148 heavy (non-hydrogen) atoms. The molecule has 13 rings (SSSR count). The molecule has 6 aromatic carbocycles. The first-order chi connectivity index (χ1) is 69.0. The van der Waals surface area contributed by atoms with Crippen molar-refractivity contribution in [3.8, 4) is 34.5 Å². The van der Waals surface area contributed by atoms with Crippen LogP contribution in [0.3, 0.4) is 0 Å². The van der Waals surface area contributed by atoms with Gasteiger partial charge in [0.15, 0.2) is 0 Å². The largest absolute Gasteiger partial charge is 1.00 e. The van der Waals surface area contributed by atoms with Gasteiger partial charge in [-0.1, -0.05) is 37.3 Å². The van der Waals surface area contributed by atoms with Gasteiger partial charge in [-0.25, -0.2) is 24.0 Å². The first-order valence-electron chi connectivity index (χ1n) is 42.5. The molecule has 7 heterocycles. The number of alkyl halides is 1. The second-order valence-corrected chi connectivity index (χ2v) is 35.7. The fraction of sp³-hybridized carbons (Fsp3) is 0.382. The Morgan fingerprint density at radius 3 is 1.03 bits per heavy atom. The number of aromatic amines is 4. The molecule has 3 saturated heterocycles. The summed E-state index contributed by atoms with van der Waals surface area (Å²) in [7, 11) is 13.1. The molecule has 3 fully saturated rings. The summed E-state index contributed by atoms with van der Waals surface area (Å²) < 4.78 is 99.8. The summed E-state index contributed by atoms with van der Waals surface area (Å²) in [5.41, 5.74) is 41.2. The third-order valence-corrected chi connectivity index (χ3v) is 24.0. The number of hydrogen-bond acceptors (Lipinski definition) is 36. The molecule has 0 amide bonds. The van der Waals surface area contributed by atoms with Crippen LogP contribution in [0.1, 0.15) is 141 Å². The Morgan fingerprint density at radius 1 is 0.399 bits per heavy atom. The van der Waals surface area contributed by atoms with E-state index in [2.05, 4.69) is 147 Å². The van der Waals surface area contributed by atoms with Gasteiger partial charge in [0.1, 0.15) is 87.7 Å². The average Bonchev–Trinajstić information content (AvgIpc) is 1.60. The molecule has 0 radical (unpaired) electrons. The van der Waals surface area contributed by atoms with Crippen LogP contribution in [0.4, 0.5) is 0 Å². The minimum absolute atomic E-state index is 0. The van der Waals surface area contributed by atoms with Gasteiger partial charge in [0.25, 0.3) is 0 Å². The smallest absolute Gasteiger partial charge is 0.508 e. The summed E-state index contributed by atoms with van der Waals surface area (Å²) in [5.74, 6) is -0.991. The molecule has 49 nitrogen and oxygen atoms in total. The van der Waals surface area contributed by atoms with Gasteiger partial charge in [0.05, 0.1) is 139 Å². The Hall–Kier alpha value is -12.5. The van der Waals surface area contributed by atoms with Gasteiger partial charge >= 0.3 is 113 Å². The number of azide groups is 3. The molecule has 3 aliphatic heterocycles. The Kier molecular flexibility index (Phi) is 55.2. The molecule has 0 unspecified atom stereocenters. The number of hydrogen-bond donors (Lipinski definition) is 9. The van der Waals surface area contributed by atoms with Crippen LogP contribution in [0, 0.1) is 0 Å². The minimum Gasteiger partial charge on any atom is -0.508 e. The number of methoxy groups -OCH3 is 13. The van der Waals surface area contributed by atoms with Gasteiger partial charge in [-0.2, -0.15) is 0 Å². The topological polar surface area (TPSA) is 698 Å². The third kappa shape index (κ3) is 38.3. The van der Waals surface area contributed by atoms with Crippen molar-refractivity contribution in [3.05, 3.63) is 210 Å². The number of phenols is 1. The zero-order valence-electron chi connectivity index (χ0n) is 85.6. The minimum atomic E-state index is -1.77. The van der Waals surface area contributed by atoms with Gasteiger partial charge in [0, 0.05) is 105 Å². The van der Waals surface area contributed by atoms with E-state index in [4.69, 9.17) is 94.1 Å². The van der Waals surface area contributed by atoms with Gasteiger partial charge in [-0.3, -0.25) is 24.1 Å². The molecule has 0 saturated carbocycles. The quantitative estimate of drug-likeness (QED) is 0.00350.